The standard InChI is InChI=1S/C10H18N2O/c1-9(2)11-10(13)5-3-6-12-7-4-8-12/h3,5,9H,4,6-8H2,1-2H3,(H,11,13)/b5-3+. The van der Waals surface area contributed by atoms with Crippen molar-refractivity contribution in [2.45, 2.75) is 26.3 Å². The molecule has 1 rings (SSSR count). The topological polar surface area (TPSA) is 32.3 Å². The van der Waals surface area contributed by atoms with Gasteiger partial charge < -0.3 is 5.32 Å². The number of likely N-dealkylation sites (tertiary alicyclic amines) is 1. The molecule has 3 heteroatoms. The number of rotatable bonds is 4. The lowest BCUT2D eigenvalue weighted by Gasteiger charge is -2.29. The average Bonchev–Trinajstić information content (AvgIpc) is 1.92. The number of nitrogens with one attached hydrogen (secondary N) is 1. The summed E-state index contributed by atoms with van der Waals surface area (Å²) >= 11 is 0. The van der Waals surface area contributed by atoms with Crippen molar-refractivity contribution in [3.8, 4) is 0 Å². The highest BCUT2D eigenvalue weighted by molar-refractivity contribution is 5.87. The van der Waals surface area contributed by atoms with Crippen LogP contribution in [0.25, 0.3) is 0 Å². The molecule has 0 aromatic rings. The second kappa shape index (κ2) is 5.02. The second-order valence-electron chi connectivity index (χ2n) is 3.72. The molecular weight excluding hydrogens is 164 g/mol. The molecule has 0 spiro atoms. The molecule has 0 aliphatic carbocycles. The van der Waals surface area contributed by atoms with Crippen molar-refractivity contribution in [3.05, 3.63) is 12.2 Å². The van der Waals surface area contributed by atoms with Gasteiger partial charge in [-0.15, -0.1) is 0 Å². The van der Waals surface area contributed by atoms with E-state index in [0.29, 0.717) is 0 Å². The number of carbonyl (C=O) groups excluding carboxylic acids is 1. The Kier molecular flexibility index (Phi) is 3.96. The SMILES string of the molecule is CC(C)NC(=O)/C=C/CN1CCC1. The molecule has 13 heavy (non-hydrogen) atoms. The molecule has 1 fully saturated rings. The number of nitrogens with zero attached hydrogens (tertiary/aromatic N) is 1. The van der Waals surface area contributed by atoms with Gasteiger partial charge in [-0.05, 0) is 33.4 Å². The van der Waals surface area contributed by atoms with Crippen LogP contribution in [0.5, 0.6) is 0 Å². The van der Waals surface area contributed by atoms with Crippen LogP contribution < -0.4 is 5.32 Å². The van der Waals surface area contributed by atoms with Gasteiger partial charge in [-0.1, -0.05) is 6.08 Å². The van der Waals surface area contributed by atoms with Crippen molar-refractivity contribution in [2.24, 2.45) is 0 Å². The van der Waals surface area contributed by atoms with Crippen LogP contribution in [0, 0.1) is 0 Å². The zero-order valence-corrected chi connectivity index (χ0v) is 8.42. The van der Waals surface area contributed by atoms with E-state index in [1.807, 2.05) is 19.9 Å². The summed E-state index contributed by atoms with van der Waals surface area (Å²) in [6, 6.07) is 0.223. The van der Waals surface area contributed by atoms with Gasteiger partial charge in [-0.25, -0.2) is 0 Å². The Bertz CT molecular complexity index is 195. The van der Waals surface area contributed by atoms with Crippen LogP contribution in [0.3, 0.4) is 0 Å². The van der Waals surface area contributed by atoms with Gasteiger partial charge in [-0.2, -0.15) is 0 Å². The summed E-state index contributed by atoms with van der Waals surface area (Å²) in [5.41, 5.74) is 0. The first kappa shape index (κ1) is 10.3. The molecule has 0 unspecified atom stereocenters. The summed E-state index contributed by atoms with van der Waals surface area (Å²) in [7, 11) is 0. The highest BCUT2D eigenvalue weighted by Crippen LogP contribution is 2.03. The van der Waals surface area contributed by atoms with Gasteiger partial charge in [0.1, 0.15) is 0 Å². The third-order valence-corrected chi connectivity index (χ3v) is 2.01. The Balaban J connectivity index is 2.11. The molecule has 0 saturated carbocycles. The van der Waals surface area contributed by atoms with Gasteiger partial charge in [0.15, 0.2) is 0 Å². The molecular formula is C10H18N2O. The normalized spacial score (nSPS) is 17.8. The van der Waals surface area contributed by atoms with E-state index in [-0.39, 0.29) is 11.9 Å². The molecule has 1 saturated heterocycles. The zero-order chi connectivity index (χ0) is 9.68. The molecule has 0 bridgehead atoms. The summed E-state index contributed by atoms with van der Waals surface area (Å²) in [6.07, 6.45) is 4.85. The first-order chi connectivity index (χ1) is 6.18. The van der Waals surface area contributed by atoms with E-state index in [1.165, 1.54) is 19.5 Å². The van der Waals surface area contributed by atoms with Gasteiger partial charge >= 0.3 is 0 Å². The van der Waals surface area contributed by atoms with Crippen LogP contribution >= 0.6 is 0 Å². The van der Waals surface area contributed by atoms with Crippen LogP contribution in [0.15, 0.2) is 12.2 Å². The third-order valence-electron chi connectivity index (χ3n) is 2.01. The van der Waals surface area contributed by atoms with Crippen LogP contribution in [0.4, 0.5) is 0 Å². The van der Waals surface area contributed by atoms with Crippen LogP contribution in [0.2, 0.25) is 0 Å². The highest BCUT2D eigenvalue weighted by Gasteiger charge is 2.10. The van der Waals surface area contributed by atoms with Gasteiger partial charge in [0, 0.05) is 18.7 Å². The van der Waals surface area contributed by atoms with E-state index in [1.54, 1.807) is 6.08 Å². The maximum absolute atomic E-state index is 11.1. The fraction of sp³-hybridized carbons (Fsp3) is 0.700. The van der Waals surface area contributed by atoms with E-state index in [0.717, 1.165) is 6.54 Å². The van der Waals surface area contributed by atoms with Crippen LogP contribution in [0.1, 0.15) is 20.3 Å². The maximum atomic E-state index is 11.1. The van der Waals surface area contributed by atoms with Gasteiger partial charge in [0.2, 0.25) is 5.91 Å². The number of hydrogen-bond acceptors (Lipinski definition) is 2. The first-order valence-corrected chi connectivity index (χ1v) is 4.88. The quantitative estimate of drug-likeness (QED) is 0.651. The van der Waals surface area contributed by atoms with E-state index < -0.39 is 0 Å². The molecule has 0 aromatic carbocycles. The molecule has 1 aliphatic rings. The van der Waals surface area contributed by atoms with Crippen LogP contribution in [-0.2, 0) is 4.79 Å². The Morgan fingerprint density at radius 2 is 2.23 bits per heavy atom. The summed E-state index contributed by atoms with van der Waals surface area (Å²) < 4.78 is 0. The Labute approximate surface area is 79.8 Å². The van der Waals surface area contributed by atoms with Gasteiger partial charge in [0.25, 0.3) is 0 Å². The predicted molar refractivity (Wildman–Crippen MR) is 53.5 cm³/mol. The molecule has 1 aliphatic heterocycles. The Morgan fingerprint density at radius 3 is 2.69 bits per heavy atom. The van der Waals surface area contributed by atoms with Crippen molar-refractivity contribution in [2.75, 3.05) is 19.6 Å². The first-order valence-electron chi connectivity index (χ1n) is 4.88. The summed E-state index contributed by atoms with van der Waals surface area (Å²) in [6.45, 7) is 7.18. The number of hydrogen-bond donors (Lipinski definition) is 1. The fourth-order valence-corrected chi connectivity index (χ4v) is 1.21. The minimum Gasteiger partial charge on any atom is -0.350 e. The molecule has 1 heterocycles. The predicted octanol–water partition coefficient (Wildman–Crippen LogP) is 0.773. The second-order valence-corrected chi connectivity index (χ2v) is 3.72. The number of amides is 1. The maximum Gasteiger partial charge on any atom is 0.243 e. The molecule has 74 valence electrons. The lowest BCUT2D eigenvalue weighted by atomic mass is 10.2. The Hall–Kier alpha value is -0.830. The van der Waals surface area contributed by atoms with E-state index >= 15 is 0 Å². The van der Waals surface area contributed by atoms with Gasteiger partial charge in [-0.3, -0.25) is 9.69 Å². The van der Waals surface area contributed by atoms with Gasteiger partial charge in [0.05, 0.1) is 0 Å². The monoisotopic (exact) mass is 182 g/mol. The largest absolute Gasteiger partial charge is 0.350 e. The lowest BCUT2D eigenvalue weighted by molar-refractivity contribution is -0.116. The summed E-state index contributed by atoms with van der Waals surface area (Å²) in [5, 5.41) is 2.81. The van der Waals surface area contributed by atoms with Crippen LogP contribution in [-0.4, -0.2) is 36.5 Å². The zero-order valence-electron chi connectivity index (χ0n) is 8.42. The molecule has 0 radical (unpaired) electrons. The lowest BCUT2D eigenvalue weighted by Crippen LogP contribution is -2.37. The number of carbonyl (C=O) groups is 1. The minimum atomic E-state index is 0.00974. The van der Waals surface area contributed by atoms with Crippen molar-refractivity contribution in [1.29, 1.82) is 0 Å². The molecule has 0 atom stereocenters. The third kappa shape index (κ3) is 4.08. The average molecular weight is 182 g/mol. The Morgan fingerprint density at radius 1 is 1.54 bits per heavy atom. The summed E-state index contributed by atoms with van der Waals surface area (Å²) in [4.78, 5) is 13.4. The summed E-state index contributed by atoms with van der Waals surface area (Å²) in [5.74, 6) is 0.00974. The smallest absolute Gasteiger partial charge is 0.243 e. The van der Waals surface area contributed by atoms with E-state index in [2.05, 4.69) is 10.2 Å². The highest BCUT2D eigenvalue weighted by atomic mass is 16.1. The molecule has 1 amide bonds. The molecule has 3 nitrogen and oxygen atoms in total. The van der Waals surface area contributed by atoms with Crippen molar-refractivity contribution in [1.82, 2.24) is 10.2 Å². The van der Waals surface area contributed by atoms with Crippen molar-refractivity contribution >= 4 is 5.91 Å². The van der Waals surface area contributed by atoms with E-state index in [9.17, 15) is 4.79 Å². The van der Waals surface area contributed by atoms with Crippen molar-refractivity contribution < 1.29 is 4.79 Å². The van der Waals surface area contributed by atoms with E-state index in [4.69, 9.17) is 0 Å². The molecule has 1 N–H and O–H groups in total. The molecule has 0 aromatic heterocycles. The fourth-order valence-electron chi connectivity index (χ4n) is 1.21. The van der Waals surface area contributed by atoms with Crippen molar-refractivity contribution in [3.63, 3.8) is 0 Å². The minimum absolute atomic E-state index is 0.00974.